The first-order chi connectivity index (χ1) is 14.0. The molecule has 0 spiro atoms. The van der Waals surface area contributed by atoms with Gasteiger partial charge in [0.1, 0.15) is 5.69 Å². The Morgan fingerprint density at radius 2 is 1.62 bits per heavy atom. The number of hydrogen-bond acceptors (Lipinski definition) is 4. The highest BCUT2D eigenvalue weighted by Crippen LogP contribution is 2.28. The van der Waals surface area contributed by atoms with E-state index in [1.807, 2.05) is 24.3 Å². The maximum Gasteiger partial charge on any atom is 0.276 e. The van der Waals surface area contributed by atoms with E-state index in [1.165, 1.54) is 13.1 Å². The summed E-state index contributed by atoms with van der Waals surface area (Å²) in [4.78, 5) is 46.9. The summed E-state index contributed by atoms with van der Waals surface area (Å²) in [6.07, 6.45) is 3.38. The molecule has 4 rings (SSSR count). The topological polar surface area (TPSA) is 73.8 Å². The van der Waals surface area contributed by atoms with Gasteiger partial charge in [0, 0.05) is 57.1 Å². The summed E-state index contributed by atoms with van der Waals surface area (Å²) in [6, 6.07) is 11.1. The zero-order valence-electron chi connectivity index (χ0n) is 16.5. The predicted molar refractivity (Wildman–Crippen MR) is 109 cm³/mol. The first kappa shape index (κ1) is 19.1. The molecule has 2 aliphatic heterocycles. The summed E-state index contributed by atoms with van der Waals surface area (Å²) in [5.74, 6) is -0.299. The van der Waals surface area contributed by atoms with Crippen molar-refractivity contribution in [3.05, 3.63) is 59.4 Å². The summed E-state index contributed by atoms with van der Waals surface area (Å²) < 4.78 is 0. The van der Waals surface area contributed by atoms with Gasteiger partial charge in [0.15, 0.2) is 0 Å². The number of carbonyl (C=O) groups excluding carboxylic acids is 3. The van der Waals surface area contributed by atoms with Gasteiger partial charge in [-0.05, 0) is 36.6 Å². The highest BCUT2D eigenvalue weighted by Gasteiger charge is 2.27. The number of carbonyl (C=O) groups is 3. The Labute approximate surface area is 169 Å². The van der Waals surface area contributed by atoms with E-state index < -0.39 is 0 Å². The molecule has 2 aromatic rings. The monoisotopic (exact) mass is 392 g/mol. The normalized spacial score (nSPS) is 16.4. The Morgan fingerprint density at radius 3 is 2.38 bits per heavy atom. The SMILES string of the molecule is CC(=O)N1CCN(C(=O)c2ccnc(C(=O)N3CCCc4ccccc43)c2)CC1. The first-order valence-electron chi connectivity index (χ1n) is 9.95. The molecule has 7 heteroatoms. The van der Waals surface area contributed by atoms with Crippen LogP contribution in [0.3, 0.4) is 0 Å². The standard InChI is InChI=1S/C22H24N4O3/c1-16(27)24-11-13-25(14-12-24)21(28)18-8-9-23-19(15-18)22(29)26-10-4-6-17-5-2-3-7-20(17)26/h2-3,5,7-9,15H,4,6,10-14H2,1H3. The number of fused-ring (bicyclic) bond motifs is 1. The third-order valence-electron chi connectivity index (χ3n) is 5.59. The van der Waals surface area contributed by atoms with Crippen molar-refractivity contribution < 1.29 is 14.4 Å². The quantitative estimate of drug-likeness (QED) is 0.783. The summed E-state index contributed by atoms with van der Waals surface area (Å²) in [5.41, 5.74) is 2.80. The number of piperazine rings is 1. The predicted octanol–water partition coefficient (Wildman–Crippen LogP) is 1.98. The molecule has 0 radical (unpaired) electrons. The van der Waals surface area contributed by atoms with Crippen molar-refractivity contribution >= 4 is 23.4 Å². The van der Waals surface area contributed by atoms with E-state index in [9.17, 15) is 14.4 Å². The van der Waals surface area contributed by atoms with Crippen LogP contribution in [0.2, 0.25) is 0 Å². The van der Waals surface area contributed by atoms with E-state index in [0.29, 0.717) is 38.3 Å². The molecular weight excluding hydrogens is 368 g/mol. The third kappa shape index (κ3) is 3.85. The fourth-order valence-electron chi connectivity index (χ4n) is 3.97. The molecule has 3 heterocycles. The van der Waals surface area contributed by atoms with Crippen molar-refractivity contribution in [2.45, 2.75) is 19.8 Å². The molecule has 7 nitrogen and oxygen atoms in total. The maximum atomic E-state index is 13.1. The van der Waals surface area contributed by atoms with Gasteiger partial charge in [0.25, 0.3) is 11.8 Å². The van der Waals surface area contributed by atoms with E-state index in [4.69, 9.17) is 0 Å². The minimum atomic E-state index is -0.187. The number of amides is 3. The summed E-state index contributed by atoms with van der Waals surface area (Å²) in [6.45, 7) is 4.22. The number of nitrogens with zero attached hydrogens (tertiary/aromatic N) is 4. The number of rotatable bonds is 2. The number of aryl methyl sites for hydroxylation is 1. The van der Waals surface area contributed by atoms with E-state index in [1.54, 1.807) is 26.8 Å². The second kappa shape index (κ2) is 8.03. The minimum absolute atomic E-state index is 0.0238. The Hall–Kier alpha value is -3.22. The van der Waals surface area contributed by atoms with Crippen molar-refractivity contribution in [3.63, 3.8) is 0 Å². The molecule has 29 heavy (non-hydrogen) atoms. The van der Waals surface area contributed by atoms with E-state index >= 15 is 0 Å². The Morgan fingerprint density at radius 1 is 0.897 bits per heavy atom. The molecule has 0 unspecified atom stereocenters. The fraction of sp³-hybridized carbons (Fsp3) is 0.364. The lowest BCUT2D eigenvalue weighted by Gasteiger charge is -2.34. The van der Waals surface area contributed by atoms with Gasteiger partial charge in [-0.15, -0.1) is 0 Å². The average molecular weight is 392 g/mol. The number of hydrogen-bond donors (Lipinski definition) is 0. The summed E-state index contributed by atoms with van der Waals surface area (Å²) >= 11 is 0. The second-order valence-corrected chi connectivity index (χ2v) is 7.42. The van der Waals surface area contributed by atoms with Crippen molar-refractivity contribution in [1.82, 2.24) is 14.8 Å². The van der Waals surface area contributed by atoms with Gasteiger partial charge in [-0.25, -0.2) is 0 Å². The van der Waals surface area contributed by atoms with Crippen LogP contribution in [0.15, 0.2) is 42.6 Å². The molecule has 1 saturated heterocycles. The Bertz CT molecular complexity index is 951. The zero-order chi connectivity index (χ0) is 20.4. The number of aromatic nitrogens is 1. The number of benzene rings is 1. The van der Waals surface area contributed by atoms with Gasteiger partial charge in [-0.2, -0.15) is 0 Å². The lowest BCUT2D eigenvalue weighted by Crippen LogP contribution is -2.50. The maximum absolute atomic E-state index is 13.1. The van der Waals surface area contributed by atoms with Crippen LogP contribution in [0, 0.1) is 0 Å². The van der Waals surface area contributed by atoms with Crippen molar-refractivity contribution in [2.75, 3.05) is 37.6 Å². The molecule has 1 aromatic heterocycles. The fourth-order valence-corrected chi connectivity index (χ4v) is 3.97. The van der Waals surface area contributed by atoms with E-state index in [-0.39, 0.29) is 23.4 Å². The minimum Gasteiger partial charge on any atom is -0.339 e. The number of pyridine rings is 1. The molecule has 150 valence electrons. The van der Waals surface area contributed by atoms with Gasteiger partial charge in [-0.1, -0.05) is 18.2 Å². The van der Waals surface area contributed by atoms with Crippen LogP contribution in [-0.4, -0.2) is 65.2 Å². The molecule has 0 atom stereocenters. The van der Waals surface area contributed by atoms with Crippen LogP contribution >= 0.6 is 0 Å². The molecule has 1 fully saturated rings. The number of para-hydroxylation sites is 1. The lowest BCUT2D eigenvalue weighted by atomic mass is 10.0. The Kier molecular flexibility index (Phi) is 5.29. The van der Waals surface area contributed by atoms with Gasteiger partial charge in [0.05, 0.1) is 0 Å². The van der Waals surface area contributed by atoms with Crippen molar-refractivity contribution in [3.8, 4) is 0 Å². The zero-order valence-corrected chi connectivity index (χ0v) is 16.5. The molecule has 1 aromatic carbocycles. The molecule has 0 N–H and O–H groups in total. The van der Waals surface area contributed by atoms with Crippen LogP contribution in [0.1, 0.15) is 39.8 Å². The van der Waals surface area contributed by atoms with Crippen LogP contribution < -0.4 is 4.90 Å². The van der Waals surface area contributed by atoms with Gasteiger partial charge in [0.2, 0.25) is 5.91 Å². The van der Waals surface area contributed by atoms with Crippen molar-refractivity contribution in [2.24, 2.45) is 0 Å². The molecule has 0 aliphatic carbocycles. The van der Waals surface area contributed by atoms with Crippen LogP contribution in [0.4, 0.5) is 5.69 Å². The smallest absolute Gasteiger partial charge is 0.276 e. The van der Waals surface area contributed by atoms with Gasteiger partial charge < -0.3 is 14.7 Å². The summed E-state index contributed by atoms with van der Waals surface area (Å²) in [7, 11) is 0. The van der Waals surface area contributed by atoms with Gasteiger partial charge in [-0.3, -0.25) is 19.4 Å². The highest BCUT2D eigenvalue weighted by molar-refractivity contribution is 6.07. The third-order valence-corrected chi connectivity index (χ3v) is 5.59. The lowest BCUT2D eigenvalue weighted by molar-refractivity contribution is -0.130. The molecular formula is C22H24N4O3. The van der Waals surface area contributed by atoms with E-state index in [2.05, 4.69) is 4.98 Å². The molecule has 3 amide bonds. The van der Waals surface area contributed by atoms with Gasteiger partial charge >= 0.3 is 0 Å². The summed E-state index contributed by atoms with van der Waals surface area (Å²) in [5, 5.41) is 0. The largest absolute Gasteiger partial charge is 0.339 e. The highest BCUT2D eigenvalue weighted by atomic mass is 16.2. The number of anilines is 1. The van der Waals surface area contributed by atoms with Crippen molar-refractivity contribution in [1.29, 1.82) is 0 Å². The Balaban J connectivity index is 1.51. The van der Waals surface area contributed by atoms with E-state index in [0.717, 1.165) is 24.1 Å². The van der Waals surface area contributed by atoms with Crippen LogP contribution in [0.25, 0.3) is 0 Å². The van der Waals surface area contributed by atoms with Crippen LogP contribution in [-0.2, 0) is 11.2 Å². The first-order valence-corrected chi connectivity index (χ1v) is 9.95. The molecule has 0 saturated carbocycles. The van der Waals surface area contributed by atoms with Crippen LogP contribution in [0.5, 0.6) is 0 Å². The second-order valence-electron chi connectivity index (χ2n) is 7.42. The molecule has 2 aliphatic rings. The average Bonchev–Trinajstić information content (AvgIpc) is 2.78. The molecule has 0 bridgehead atoms.